The Hall–Kier alpha value is -2.93. The van der Waals surface area contributed by atoms with E-state index in [0.717, 1.165) is 15.2 Å². The molecule has 0 aliphatic rings. The second-order valence-electron chi connectivity index (χ2n) is 5.70. The van der Waals surface area contributed by atoms with Crippen LogP contribution in [0, 0.1) is 6.92 Å². The lowest BCUT2D eigenvalue weighted by Crippen LogP contribution is -2.19. The van der Waals surface area contributed by atoms with Gasteiger partial charge in [0.15, 0.2) is 5.58 Å². The van der Waals surface area contributed by atoms with E-state index < -0.39 is 5.76 Å². The summed E-state index contributed by atoms with van der Waals surface area (Å²) in [5.74, 6) is -0.614. The third-order valence-electron chi connectivity index (χ3n) is 3.91. The number of anilines is 1. The maximum atomic E-state index is 12.2. The van der Waals surface area contributed by atoms with Gasteiger partial charge in [0, 0.05) is 18.7 Å². The van der Waals surface area contributed by atoms with Crippen molar-refractivity contribution in [3.63, 3.8) is 0 Å². The molecule has 0 atom stereocenters. The molecule has 0 bridgehead atoms. The number of amides is 1. The molecule has 7 heteroatoms. The molecule has 1 N–H and O–H groups in total. The number of nitrogens with zero attached hydrogens (tertiary/aromatic N) is 2. The number of hydrogen-bond acceptors (Lipinski definition) is 5. The normalized spacial score (nSPS) is 11.2. The molecule has 0 radical (unpaired) electrons. The van der Waals surface area contributed by atoms with Crippen LogP contribution in [-0.2, 0) is 11.3 Å². The number of thiazole rings is 1. The van der Waals surface area contributed by atoms with E-state index in [4.69, 9.17) is 4.42 Å². The summed E-state index contributed by atoms with van der Waals surface area (Å²) in [6.07, 6.45) is 0.178. The van der Waals surface area contributed by atoms with Gasteiger partial charge in [-0.3, -0.25) is 9.36 Å². The number of fused-ring (bicyclic) bond motifs is 2. The van der Waals surface area contributed by atoms with E-state index in [9.17, 15) is 9.59 Å². The molecule has 0 saturated heterocycles. The number of nitrogens with one attached hydrogen (secondary N) is 1. The van der Waals surface area contributed by atoms with E-state index in [2.05, 4.69) is 10.3 Å². The summed E-state index contributed by atoms with van der Waals surface area (Å²) in [6.45, 7) is 2.22. The van der Waals surface area contributed by atoms with E-state index in [0.29, 0.717) is 16.8 Å². The molecule has 4 rings (SSSR count). The van der Waals surface area contributed by atoms with Gasteiger partial charge in [-0.05, 0) is 37.3 Å². The van der Waals surface area contributed by atoms with Gasteiger partial charge in [0.25, 0.3) is 0 Å². The van der Waals surface area contributed by atoms with Crippen molar-refractivity contribution in [1.82, 2.24) is 9.55 Å². The lowest BCUT2D eigenvalue weighted by molar-refractivity contribution is -0.116. The summed E-state index contributed by atoms with van der Waals surface area (Å²) in [7, 11) is 0. The highest BCUT2D eigenvalue weighted by molar-refractivity contribution is 7.18. The lowest BCUT2D eigenvalue weighted by atomic mass is 10.2. The molecule has 0 aliphatic heterocycles. The molecule has 0 aliphatic carbocycles. The van der Waals surface area contributed by atoms with Crippen LogP contribution in [0.3, 0.4) is 0 Å². The number of hydrogen-bond donors (Lipinski definition) is 1. The zero-order valence-electron chi connectivity index (χ0n) is 13.5. The number of carbonyl (C=O) groups excluding carboxylic acids is 1. The van der Waals surface area contributed by atoms with Gasteiger partial charge < -0.3 is 9.73 Å². The highest BCUT2D eigenvalue weighted by Gasteiger charge is 2.11. The summed E-state index contributed by atoms with van der Waals surface area (Å²) in [4.78, 5) is 28.6. The van der Waals surface area contributed by atoms with Crippen molar-refractivity contribution in [2.24, 2.45) is 0 Å². The predicted octanol–water partition coefficient (Wildman–Crippen LogP) is 3.54. The van der Waals surface area contributed by atoms with Crippen LogP contribution in [0.2, 0.25) is 0 Å². The first-order valence-electron chi connectivity index (χ1n) is 7.85. The molecule has 0 fully saturated rings. The van der Waals surface area contributed by atoms with Gasteiger partial charge in [0.2, 0.25) is 5.91 Å². The van der Waals surface area contributed by atoms with Gasteiger partial charge in [0.1, 0.15) is 0 Å². The molecule has 4 aromatic rings. The third-order valence-corrected chi connectivity index (χ3v) is 4.87. The maximum absolute atomic E-state index is 12.2. The second kappa shape index (κ2) is 6.18. The Morgan fingerprint density at radius 3 is 3.00 bits per heavy atom. The fourth-order valence-electron chi connectivity index (χ4n) is 2.78. The van der Waals surface area contributed by atoms with Crippen LogP contribution in [0.15, 0.2) is 51.7 Å². The molecule has 0 unspecified atom stereocenters. The van der Waals surface area contributed by atoms with Gasteiger partial charge in [-0.15, -0.1) is 11.3 Å². The summed E-state index contributed by atoms with van der Waals surface area (Å²) in [6, 6.07) is 12.8. The van der Waals surface area contributed by atoms with Gasteiger partial charge in [-0.1, -0.05) is 12.1 Å². The van der Waals surface area contributed by atoms with E-state index in [1.54, 1.807) is 29.5 Å². The molecule has 6 nitrogen and oxygen atoms in total. The van der Waals surface area contributed by atoms with E-state index in [-0.39, 0.29) is 18.9 Å². The first kappa shape index (κ1) is 15.6. The molecule has 126 valence electrons. The highest BCUT2D eigenvalue weighted by Crippen LogP contribution is 2.24. The first-order chi connectivity index (χ1) is 12.1. The van der Waals surface area contributed by atoms with Crippen LogP contribution < -0.4 is 11.1 Å². The molecule has 0 saturated carbocycles. The van der Waals surface area contributed by atoms with Crippen LogP contribution in [0.1, 0.15) is 11.4 Å². The first-order valence-corrected chi connectivity index (χ1v) is 8.67. The van der Waals surface area contributed by atoms with Gasteiger partial charge >= 0.3 is 5.76 Å². The minimum absolute atomic E-state index is 0.163. The van der Waals surface area contributed by atoms with Crippen LogP contribution >= 0.6 is 11.3 Å². The van der Waals surface area contributed by atoms with Crippen LogP contribution in [0.5, 0.6) is 0 Å². The molecule has 1 amide bonds. The zero-order chi connectivity index (χ0) is 17.4. The van der Waals surface area contributed by atoms with Crippen molar-refractivity contribution >= 4 is 44.2 Å². The molecule has 2 aromatic carbocycles. The summed E-state index contributed by atoms with van der Waals surface area (Å²) < 4.78 is 7.73. The molecular weight excluding hydrogens is 338 g/mol. The number of aryl methyl sites for hydroxylation is 2. The SMILES string of the molecule is Cc1nc2cc(NC(=O)CCn3c(=O)oc4ccccc43)ccc2s1. The minimum atomic E-state index is -0.451. The molecular formula is C18H15N3O3S. The standard InChI is InChI=1S/C18H15N3O3S/c1-11-19-13-10-12(6-7-16(13)25-11)20-17(22)8-9-21-14-4-2-3-5-15(14)24-18(21)23/h2-7,10H,8-9H2,1H3,(H,20,22). The van der Waals surface area contributed by atoms with E-state index in [1.165, 1.54) is 4.57 Å². The van der Waals surface area contributed by atoms with Crippen molar-refractivity contribution in [3.8, 4) is 0 Å². The Labute approximate surface area is 146 Å². The Bertz CT molecular complexity index is 1140. The lowest BCUT2D eigenvalue weighted by Gasteiger charge is -2.05. The van der Waals surface area contributed by atoms with Crippen molar-refractivity contribution in [1.29, 1.82) is 0 Å². The Morgan fingerprint density at radius 1 is 1.28 bits per heavy atom. The quantitative estimate of drug-likeness (QED) is 0.609. The fraction of sp³-hybridized carbons (Fsp3) is 0.167. The summed E-state index contributed by atoms with van der Waals surface area (Å²) >= 11 is 1.62. The average molecular weight is 353 g/mol. The van der Waals surface area contributed by atoms with Crippen molar-refractivity contribution in [2.45, 2.75) is 19.9 Å². The van der Waals surface area contributed by atoms with Gasteiger partial charge in [0.05, 0.1) is 20.7 Å². The minimum Gasteiger partial charge on any atom is -0.408 e. The van der Waals surface area contributed by atoms with E-state index in [1.807, 2.05) is 31.2 Å². The van der Waals surface area contributed by atoms with Crippen LogP contribution in [0.25, 0.3) is 21.3 Å². The Balaban J connectivity index is 1.47. The number of rotatable bonds is 4. The monoisotopic (exact) mass is 353 g/mol. The summed E-state index contributed by atoms with van der Waals surface area (Å²) in [5.41, 5.74) is 2.79. The number of para-hydroxylation sites is 2. The molecule has 25 heavy (non-hydrogen) atoms. The second-order valence-corrected chi connectivity index (χ2v) is 6.94. The maximum Gasteiger partial charge on any atom is 0.419 e. The largest absolute Gasteiger partial charge is 0.419 e. The highest BCUT2D eigenvalue weighted by atomic mass is 32.1. The number of carbonyl (C=O) groups is 1. The predicted molar refractivity (Wildman–Crippen MR) is 98.1 cm³/mol. The Kier molecular flexibility index (Phi) is 3.85. The smallest absolute Gasteiger partial charge is 0.408 e. The molecule has 2 aromatic heterocycles. The molecule has 2 heterocycles. The third kappa shape index (κ3) is 3.06. The number of benzene rings is 2. The summed E-state index contributed by atoms with van der Waals surface area (Å²) in [5, 5.41) is 3.84. The van der Waals surface area contributed by atoms with Gasteiger partial charge in [-0.2, -0.15) is 0 Å². The average Bonchev–Trinajstić information content (AvgIpc) is 3.10. The number of oxazole rings is 1. The fourth-order valence-corrected chi connectivity index (χ4v) is 3.59. The Morgan fingerprint density at radius 2 is 2.12 bits per heavy atom. The number of aromatic nitrogens is 2. The van der Waals surface area contributed by atoms with Crippen LogP contribution in [-0.4, -0.2) is 15.5 Å². The van der Waals surface area contributed by atoms with Crippen LogP contribution in [0.4, 0.5) is 5.69 Å². The van der Waals surface area contributed by atoms with E-state index >= 15 is 0 Å². The topological polar surface area (TPSA) is 77.1 Å². The van der Waals surface area contributed by atoms with Crippen molar-refractivity contribution in [3.05, 3.63) is 58.0 Å². The van der Waals surface area contributed by atoms with Gasteiger partial charge in [-0.25, -0.2) is 9.78 Å². The van der Waals surface area contributed by atoms with Crippen molar-refractivity contribution in [2.75, 3.05) is 5.32 Å². The van der Waals surface area contributed by atoms with Crippen molar-refractivity contribution < 1.29 is 9.21 Å². The molecule has 0 spiro atoms. The zero-order valence-corrected chi connectivity index (χ0v) is 14.3.